The Morgan fingerprint density at radius 2 is 2.21 bits per heavy atom. The number of rotatable bonds is 10. The number of carbonyl (C=O) groups is 2. The molecule has 6 heteroatoms. The molecule has 0 saturated heterocycles. The predicted octanol–water partition coefficient (Wildman–Crippen LogP) is 3.52. The van der Waals surface area contributed by atoms with Gasteiger partial charge in [-0.1, -0.05) is 37.3 Å². The molecule has 3 unspecified atom stereocenters. The maximum atomic E-state index is 11.9. The van der Waals surface area contributed by atoms with Crippen molar-refractivity contribution < 1.29 is 24.2 Å². The number of nitrogens with one attached hydrogen (secondary N) is 1. The minimum atomic E-state index is -0.459. The Balaban J connectivity index is 1.60. The number of amides is 1. The molecule has 1 fully saturated rings. The first kappa shape index (κ1) is 24.9. The lowest BCUT2D eigenvalue weighted by atomic mass is 9.86. The van der Waals surface area contributed by atoms with E-state index in [9.17, 15) is 14.7 Å². The summed E-state index contributed by atoms with van der Waals surface area (Å²) in [6.45, 7) is 3.95. The fraction of sp³-hybridized carbons (Fsp3) is 0.556. The van der Waals surface area contributed by atoms with Gasteiger partial charge in [0.25, 0.3) is 0 Å². The molecular formula is C27H35NO5. The number of aliphatic hydroxyl groups excluding tert-OH is 1. The summed E-state index contributed by atoms with van der Waals surface area (Å²) in [7, 11) is 1.29. The number of hydrogen-bond acceptors (Lipinski definition) is 5. The van der Waals surface area contributed by atoms with Gasteiger partial charge in [-0.2, -0.15) is 0 Å². The molecule has 1 heterocycles. The van der Waals surface area contributed by atoms with Gasteiger partial charge in [-0.05, 0) is 37.7 Å². The van der Waals surface area contributed by atoms with Crippen LogP contribution in [0.3, 0.4) is 0 Å². The molecule has 1 aromatic rings. The average Bonchev–Trinajstić information content (AvgIpc) is 3.31. The zero-order chi connectivity index (χ0) is 23.8. The number of methoxy groups -OCH3 is 1. The van der Waals surface area contributed by atoms with E-state index in [1.807, 2.05) is 19.1 Å². The van der Waals surface area contributed by atoms with Crippen LogP contribution in [-0.2, 0) is 20.7 Å². The molecule has 0 bridgehead atoms. The Labute approximate surface area is 196 Å². The topological polar surface area (TPSA) is 84.9 Å². The molecule has 2 N–H and O–H groups in total. The van der Waals surface area contributed by atoms with E-state index in [1.54, 1.807) is 0 Å². The number of benzene rings is 1. The van der Waals surface area contributed by atoms with E-state index in [0.29, 0.717) is 31.6 Å². The Hall–Kier alpha value is -2.78. The van der Waals surface area contributed by atoms with Gasteiger partial charge < -0.3 is 19.9 Å². The Kier molecular flexibility index (Phi) is 8.96. The second-order valence-corrected chi connectivity index (χ2v) is 9.00. The van der Waals surface area contributed by atoms with Crippen LogP contribution in [0.2, 0.25) is 0 Å². The van der Waals surface area contributed by atoms with Crippen molar-refractivity contribution in [2.75, 3.05) is 13.7 Å². The molecule has 6 nitrogen and oxygen atoms in total. The first-order valence-corrected chi connectivity index (χ1v) is 11.8. The van der Waals surface area contributed by atoms with Gasteiger partial charge in [0.05, 0.1) is 13.2 Å². The molecule has 0 radical (unpaired) electrons. The minimum absolute atomic E-state index is 0.0162. The van der Waals surface area contributed by atoms with E-state index in [-0.39, 0.29) is 30.4 Å². The van der Waals surface area contributed by atoms with Crippen LogP contribution in [0.15, 0.2) is 30.4 Å². The molecule has 1 aliphatic carbocycles. The monoisotopic (exact) mass is 453 g/mol. The van der Waals surface area contributed by atoms with Crippen molar-refractivity contribution in [2.24, 2.45) is 11.8 Å². The predicted molar refractivity (Wildman–Crippen MR) is 127 cm³/mol. The number of aryl methyl sites for hydroxylation is 1. The summed E-state index contributed by atoms with van der Waals surface area (Å²) in [6, 6.07) is 6.18. The van der Waals surface area contributed by atoms with Gasteiger partial charge in [-0.3, -0.25) is 9.59 Å². The highest BCUT2D eigenvalue weighted by atomic mass is 16.5. The molecule has 1 saturated carbocycles. The lowest BCUT2D eigenvalue weighted by Crippen LogP contribution is -2.29. The van der Waals surface area contributed by atoms with Crippen molar-refractivity contribution in [3.8, 4) is 17.6 Å². The number of para-hydroxylation sites is 1. The summed E-state index contributed by atoms with van der Waals surface area (Å²) in [6.07, 6.45) is 8.10. The van der Waals surface area contributed by atoms with E-state index in [1.165, 1.54) is 7.11 Å². The molecule has 0 spiro atoms. The molecular weight excluding hydrogens is 418 g/mol. The second-order valence-electron chi connectivity index (χ2n) is 9.00. The van der Waals surface area contributed by atoms with Crippen LogP contribution < -0.4 is 10.1 Å². The molecule has 1 amide bonds. The van der Waals surface area contributed by atoms with Gasteiger partial charge in [0.2, 0.25) is 5.91 Å². The molecule has 33 heavy (non-hydrogen) atoms. The summed E-state index contributed by atoms with van der Waals surface area (Å²) < 4.78 is 10.9. The molecule has 1 aromatic carbocycles. The minimum Gasteiger partial charge on any atom is -0.489 e. The summed E-state index contributed by atoms with van der Waals surface area (Å²) in [4.78, 5) is 23.1. The zero-order valence-electron chi connectivity index (χ0n) is 19.8. The molecule has 2 aliphatic rings. The van der Waals surface area contributed by atoms with Gasteiger partial charge in [-0.15, -0.1) is 11.8 Å². The largest absolute Gasteiger partial charge is 0.489 e. The third-order valence-corrected chi connectivity index (χ3v) is 6.52. The first-order chi connectivity index (χ1) is 15.9. The molecule has 5 atom stereocenters. The van der Waals surface area contributed by atoms with Gasteiger partial charge in [0, 0.05) is 36.7 Å². The summed E-state index contributed by atoms with van der Waals surface area (Å²) in [5.74, 6) is 7.05. The van der Waals surface area contributed by atoms with Crippen LogP contribution >= 0.6 is 0 Å². The van der Waals surface area contributed by atoms with Crippen LogP contribution in [0.5, 0.6) is 5.75 Å². The van der Waals surface area contributed by atoms with Crippen molar-refractivity contribution in [1.29, 1.82) is 0 Å². The average molecular weight is 454 g/mol. The van der Waals surface area contributed by atoms with E-state index < -0.39 is 12.1 Å². The van der Waals surface area contributed by atoms with Gasteiger partial charge >= 0.3 is 5.97 Å². The van der Waals surface area contributed by atoms with Crippen LogP contribution in [0.4, 0.5) is 0 Å². The third kappa shape index (κ3) is 6.39. The normalized spacial score (nSPS) is 23.8. The van der Waals surface area contributed by atoms with Crippen molar-refractivity contribution >= 4 is 11.9 Å². The van der Waals surface area contributed by atoms with E-state index in [2.05, 4.69) is 47.0 Å². The van der Waals surface area contributed by atoms with Crippen LogP contribution in [-0.4, -0.2) is 42.8 Å². The number of allylic oxidation sites excluding steroid dienone is 1. The number of ether oxygens (including phenoxy) is 2. The summed E-state index contributed by atoms with van der Waals surface area (Å²) in [5, 5.41) is 13.2. The lowest BCUT2D eigenvalue weighted by Gasteiger charge is -2.17. The standard InChI is InChI=1S/C27H35NO5/c1-4-5-9-18(2)10-6-13-20-22(29)16-23-26(20)21-14-7-11-19(27(21)33-23)12-8-15-24(30)28-17-25(31)32-3/h6-7,11,13-14,18,20,22-23,26,29H,8-10,12,15-17H2,1-3H3,(H,28,30)/b13-6+/t18-,20?,22+,23?,26?/m0/s1. The van der Waals surface area contributed by atoms with E-state index in [4.69, 9.17) is 4.74 Å². The Morgan fingerprint density at radius 3 is 2.97 bits per heavy atom. The number of hydrogen-bond donors (Lipinski definition) is 2. The van der Waals surface area contributed by atoms with Crippen LogP contribution in [0.25, 0.3) is 0 Å². The third-order valence-electron chi connectivity index (χ3n) is 6.52. The highest BCUT2D eigenvalue weighted by Crippen LogP contribution is 2.52. The van der Waals surface area contributed by atoms with Gasteiger partial charge in [-0.25, -0.2) is 0 Å². The SMILES string of the molecule is CC#CC[C@H](C)C/C=C/C1C2c3cccc(CCCC(=O)NCC(=O)OC)c3OC2C[C@H]1O. The maximum Gasteiger partial charge on any atom is 0.325 e. The summed E-state index contributed by atoms with van der Waals surface area (Å²) >= 11 is 0. The fourth-order valence-electron chi connectivity index (χ4n) is 4.76. The van der Waals surface area contributed by atoms with Crippen molar-refractivity contribution in [3.05, 3.63) is 41.5 Å². The highest BCUT2D eigenvalue weighted by molar-refractivity contribution is 5.81. The molecule has 178 valence electrons. The molecule has 1 aliphatic heterocycles. The summed E-state index contributed by atoms with van der Waals surface area (Å²) in [5.41, 5.74) is 2.25. The zero-order valence-corrected chi connectivity index (χ0v) is 19.8. The number of fused-ring (bicyclic) bond motifs is 3. The smallest absolute Gasteiger partial charge is 0.325 e. The highest BCUT2D eigenvalue weighted by Gasteiger charge is 2.48. The number of carbonyl (C=O) groups excluding carboxylic acids is 2. The Morgan fingerprint density at radius 1 is 1.39 bits per heavy atom. The van der Waals surface area contributed by atoms with Crippen molar-refractivity contribution in [3.63, 3.8) is 0 Å². The quantitative estimate of drug-likeness (QED) is 0.322. The van der Waals surface area contributed by atoms with E-state index in [0.717, 1.165) is 29.7 Å². The van der Waals surface area contributed by atoms with Crippen molar-refractivity contribution in [1.82, 2.24) is 5.32 Å². The second kappa shape index (κ2) is 11.9. The first-order valence-electron chi connectivity index (χ1n) is 11.8. The van der Waals surface area contributed by atoms with E-state index >= 15 is 0 Å². The van der Waals surface area contributed by atoms with Gasteiger partial charge in [0.1, 0.15) is 18.4 Å². The number of esters is 1. The molecule has 3 rings (SSSR count). The maximum absolute atomic E-state index is 11.9. The Bertz CT molecular complexity index is 928. The number of aliphatic hydroxyl groups is 1. The van der Waals surface area contributed by atoms with Gasteiger partial charge in [0.15, 0.2) is 0 Å². The van der Waals surface area contributed by atoms with Crippen molar-refractivity contribution in [2.45, 2.75) is 70.5 Å². The fourth-order valence-corrected chi connectivity index (χ4v) is 4.76. The van der Waals surface area contributed by atoms with Crippen LogP contribution in [0.1, 0.15) is 63.0 Å². The van der Waals surface area contributed by atoms with Crippen LogP contribution in [0, 0.1) is 23.7 Å². The lowest BCUT2D eigenvalue weighted by molar-refractivity contribution is -0.141. The molecule has 0 aromatic heterocycles.